The molecule has 0 rings (SSSR count). The van der Waals surface area contributed by atoms with Crippen molar-refractivity contribution in [1.82, 2.24) is 6.15 Å². The molecule has 0 saturated heterocycles. The Bertz CT molecular complexity index is 472. The topological polar surface area (TPSA) is 153 Å². The lowest BCUT2D eigenvalue weighted by Gasteiger charge is -2.32. The Kier molecular flexibility index (Phi) is 11.0. The molecule has 0 aromatic carbocycles. The van der Waals surface area contributed by atoms with Crippen LogP contribution in [0.5, 0.6) is 0 Å². The van der Waals surface area contributed by atoms with Gasteiger partial charge in [0.15, 0.2) is 5.25 Å². The van der Waals surface area contributed by atoms with Crippen molar-refractivity contribution in [2.75, 3.05) is 0 Å². The molecule has 138 valence electrons. The molecule has 0 aromatic rings. The quantitative estimate of drug-likeness (QED) is 0.290. The Morgan fingerprint density at radius 2 is 1.65 bits per heavy atom. The number of carbonyl (C=O) groups is 2. The second-order valence-electron chi connectivity index (χ2n) is 5.37. The number of carbonyl (C=O) groups excluding carboxylic acids is 1. The lowest BCUT2D eigenvalue weighted by Crippen LogP contribution is -2.41. The van der Waals surface area contributed by atoms with Crippen LogP contribution in [0.4, 0.5) is 0 Å². The summed E-state index contributed by atoms with van der Waals surface area (Å²) in [7, 11) is -4.83. The average molecular weight is 355 g/mol. The van der Waals surface area contributed by atoms with E-state index in [1.807, 2.05) is 20.8 Å². The van der Waals surface area contributed by atoms with E-state index in [4.69, 9.17) is 14.4 Å². The third-order valence-electron chi connectivity index (χ3n) is 3.82. The maximum atomic E-state index is 12.1. The molecular formula is C14H29NO7S. The fourth-order valence-corrected chi connectivity index (χ4v) is 2.89. The molecule has 1 atom stereocenters. The van der Waals surface area contributed by atoms with Crippen molar-refractivity contribution in [2.24, 2.45) is 0 Å². The number of carboxylic acids is 1. The van der Waals surface area contributed by atoms with E-state index < -0.39 is 39.3 Å². The highest BCUT2D eigenvalue weighted by Crippen LogP contribution is 2.29. The molecule has 0 fully saturated rings. The van der Waals surface area contributed by atoms with Gasteiger partial charge in [-0.1, -0.05) is 33.6 Å². The minimum atomic E-state index is -4.83. The van der Waals surface area contributed by atoms with E-state index in [2.05, 4.69) is 0 Å². The second kappa shape index (κ2) is 10.6. The van der Waals surface area contributed by atoms with Gasteiger partial charge < -0.3 is 16.0 Å². The summed E-state index contributed by atoms with van der Waals surface area (Å²) in [6.45, 7) is 5.68. The van der Waals surface area contributed by atoms with E-state index in [1.165, 1.54) is 0 Å². The maximum Gasteiger partial charge on any atom is 0.328 e. The van der Waals surface area contributed by atoms with Crippen LogP contribution in [0.1, 0.15) is 65.7 Å². The van der Waals surface area contributed by atoms with Crippen molar-refractivity contribution >= 4 is 22.1 Å². The zero-order valence-corrected chi connectivity index (χ0v) is 14.9. The molecule has 0 radical (unpaired) electrons. The van der Waals surface area contributed by atoms with E-state index in [0.29, 0.717) is 19.3 Å². The van der Waals surface area contributed by atoms with Crippen molar-refractivity contribution in [3.63, 3.8) is 0 Å². The van der Waals surface area contributed by atoms with Crippen LogP contribution < -0.4 is 6.15 Å². The smallest absolute Gasteiger partial charge is 0.328 e. The van der Waals surface area contributed by atoms with Crippen LogP contribution in [0.15, 0.2) is 0 Å². The highest BCUT2D eigenvalue weighted by molar-refractivity contribution is 7.87. The summed E-state index contributed by atoms with van der Waals surface area (Å²) in [5.41, 5.74) is -0.826. The van der Waals surface area contributed by atoms with Crippen LogP contribution in [0.3, 0.4) is 0 Å². The molecule has 0 bridgehead atoms. The minimum absolute atomic E-state index is 0. The molecule has 8 nitrogen and oxygen atoms in total. The fourth-order valence-electron chi connectivity index (χ4n) is 2.24. The van der Waals surface area contributed by atoms with Gasteiger partial charge in [0.2, 0.25) is 0 Å². The van der Waals surface area contributed by atoms with Crippen LogP contribution in [0, 0.1) is 0 Å². The monoisotopic (exact) mass is 355 g/mol. The standard InChI is InChI=1S/C14H26O7S.H3N/c1-4-7-8-9-14(5-2,6-3)21-13(17)11(10-12(15)16)22(18,19)20;/h11H,4-10H2,1-3H3,(H,15,16)(H,18,19,20);1H3. The fraction of sp³-hybridized carbons (Fsp3) is 0.857. The molecule has 0 amide bonds. The molecule has 0 spiro atoms. The third-order valence-corrected chi connectivity index (χ3v) is 4.90. The normalized spacial score (nSPS) is 13.0. The van der Waals surface area contributed by atoms with Gasteiger partial charge in [-0.05, 0) is 25.7 Å². The van der Waals surface area contributed by atoms with Gasteiger partial charge >= 0.3 is 11.9 Å². The highest BCUT2D eigenvalue weighted by Gasteiger charge is 2.39. The summed E-state index contributed by atoms with van der Waals surface area (Å²) in [4.78, 5) is 22.8. The first kappa shape index (κ1) is 24.1. The number of rotatable bonds is 11. The zero-order valence-electron chi connectivity index (χ0n) is 14.1. The molecule has 9 heteroatoms. The molecular weight excluding hydrogens is 326 g/mol. The van der Waals surface area contributed by atoms with Crippen molar-refractivity contribution in [3.8, 4) is 0 Å². The van der Waals surface area contributed by atoms with Crippen LogP contribution >= 0.6 is 0 Å². The van der Waals surface area contributed by atoms with Crippen molar-refractivity contribution in [3.05, 3.63) is 0 Å². The summed E-state index contributed by atoms with van der Waals surface area (Å²) in [5.74, 6) is -2.70. The van der Waals surface area contributed by atoms with Crippen molar-refractivity contribution < 1.29 is 32.4 Å². The van der Waals surface area contributed by atoms with E-state index in [0.717, 1.165) is 19.3 Å². The van der Waals surface area contributed by atoms with Crippen LogP contribution in [-0.4, -0.2) is 40.9 Å². The average Bonchev–Trinajstić information content (AvgIpc) is 2.42. The van der Waals surface area contributed by atoms with Crippen LogP contribution in [0.25, 0.3) is 0 Å². The van der Waals surface area contributed by atoms with Crippen molar-refractivity contribution in [1.29, 1.82) is 0 Å². The van der Waals surface area contributed by atoms with Gasteiger partial charge in [0.25, 0.3) is 10.1 Å². The summed E-state index contributed by atoms with van der Waals surface area (Å²) >= 11 is 0. The van der Waals surface area contributed by atoms with Gasteiger partial charge in [-0.3, -0.25) is 14.1 Å². The number of esters is 1. The number of carboxylic acid groups (broad SMARTS) is 1. The molecule has 0 aliphatic rings. The molecule has 0 aliphatic heterocycles. The lowest BCUT2D eigenvalue weighted by atomic mass is 9.90. The van der Waals surface area contributed by atoms with Gasteiger partial charge in [-0.15, -0.1) is 0 Å². The van der Waals surface area contributed by atoms with Crippen molar-refractivity contribution in [2.45, 2.75) is 76.6 Å². The van der Waals surface area contributed by atoms with Gasteiger partial charge in [0.05, 0.1) is 6.42 Å². The molecule has 0 aliphatic carbocycles. The van der Waals surface area contributed by atoms with E-state index in [-0.39, 0.29) is 6.15 Å². The van der Waals surface area contributed by atoms with Gasteiger partial charge in [0, 0.05) is 0 Å². The molecule has 5 N–H and O–H groups in total. The summed E-state index contributed by atoms with van der Waals surface area (Å²) < 4.78 is 36.8. The Labute approximate surface area is 137 Å². The largest absolute Gasteiger partial charge is 0.481 e. The molecule has 0 heterocycles. The summed E-state index contributed by atoms with van der Waals surface area (Å²) in [5, 5.41) is 6.61. The highest BCUT2D eigenvalue weighted by atomic mass is 32.2. The van der Waals surface area contributed by atoms with Crippen LogP contribution in [0.2, 0.25) is 0 Å². The first-order valence-corrected chi connectivity index (χ1v) is 9.03. The van der Waals surface area contributed by atoms with Gasteiger partial charge in [-0.25, -0.2) is 0 Å². The Morgan fingerprint density at radius 1 is 1.13 bits per heavy atom. The number of aliphatic carboxylic acids is 1. The minimum Gasteiger partial charge on any atom is -0.481 e. The lowest BCUT2D eigenvalue weighted by molar-refractivity contribution is -0.163. The predicted octanol–water partition coefficient (Wildman–Crippen LogP) is 2.56. The number of hydrogen-bond donors (Lipinski definition) is 3. The van der Waals surface area contributed by atoms with Gasteiger partial charge in [-0.2, -0.15) is 8.42 Å². The van der Waals surface area contributed by atoms with E-state index in [9.17, 15) is 18.0 Å². The predicted molar refractivity (Wildman–Crippen MR) is 86.2 cm³/mol. The van der Waals surface area contributed by atoms with E-state index in [1.54, 1.807) is 0 Å². The summed E-state index contributed by atoms with van der Waals surface area (Å²) in [6.07, 6.45) is 3.30. The van der Waals surface area contributed by atoms with Crippen LogP contribution in [-0.2, 0) is 24.4 Å². The Balaban J connectivity index is 0. The Morgan fingerprint density at radius 3 is 2.00 bits per heavy atom. The second-order valence-corrected chi connectivity index (χ2v) is 6.97. The Hall–Kier alpha value is -1.19. The molecule has 0 saturated carbocycles. The van der Waals surface area contributed by atoms with E-state index >= 15 is 0 Å². The maximum absolute atomic E-state index is 12.1. The summed E-state index contributed by atoms with van der Waals surface area (Å²) in [6, 6.07) is 0. The SMILES string of the molecule is CCCCCC(CC)(CC)OC(=O)C(CC(=O)O)S(=O)(=O)O.N. The molecule has 0 aromatic heterocycles. The number of ether oxygens (including phenoxy) is 1. The first-order valence-electron chi connectivity index (χ1n) is 7.52. The molecule has 23 heavy (non-hydrogen) atoms. The third kappa shape index (κ3) is 8.29. The van der Waals surface area contributed by atoms with Gasteiger partial charge in [0.1, 0.15) is 5.60 Å². The first-order chi connectivity index (χ1) is 10.1. The number of hydrogen-bond acceptors (Lipinski definition) is 6. The number of unbranched alkanes of at least 4 members (excludes halogenated alkanes) is 2. The molecule has 1 unspecified atom stereocenters. The zero-order chi connectivity index (χ0) is 17.4.